The molecule has 21 heavy (non-hydrogen) atoms. The van der Waals surface area contributed by atoms with Crippen molar-refractivity contribution >= 4 is 15.9 Å². The predicted octanol–water partition coefficient (Wildman–Crippen LogP) is 0.307. The minimum Gasteiger partial charge on any atom is -0.345 e. The number of sulfonamides is 1. The van der Waals surface area contributed by atoms with Crippen LogP contribution in [-0.4, -0.2) is 50.2 Å². The summed E-state index contributed by atoms with van der Waals surface area (Å²) in [6, 6.07) is 5.07. The predicted molar refractivity (Wildman–Crippen MR) is 80.1 cm³/mol. The molecule has 0 bridgehead atoms. The Kier molecular flexibility index (Phi) is 4.65. The lowest BCUT2D eigenvalue weighted by Crippen LogP contribution is -2.38. The van der Waals surface area contributed by atoms with E-state index in [4.69, 9.17) is 5.73 Å². The van der Waals surface area contributed by atoms with Crippen molar-refractivity contribution < 1.29 is 13.2 Å². The van der Waals surface area contributed by atoms with Crippen molar-refractivity contribution in [3.63, 3.8) is 0 Å². The summed E-state index contributed by atoms with van der Waals surface area (Å²) in [4.78, 5) is 13.7. The Morgan fingerprint density at radius 3 is 2.62 bits per heavy atom. The average molecular weight is 311 g/mol. The van der Waals surface area contributed by atoms with Crippen molar-refractivity contribution in [2.24, 2.45) is 5.73 Å². The van der Waals surface area contributed by atoms with E-state index >= 15 is 0 Å². The molecule has 0 unspecified atom stereocenters. The maximum atomic E-state index is 12.7. The third-order valence-corrected chi connectivity index (χ3v) is 5.74. The van der Waals surface area contributed by atoms with Crippen LogP contribution in [0.25, 0.3) is 0 Å². The highest BCUT2D eigenvalue weighted by molar-refractivity contribution is 7.89. The van der Waals surface area contributed by atoms with Gasteiger partial charge in [-0.05, 0) is 30.5 Å². The van der Waals surface area contributed by atoms with Gasteiger partial charge in [-0.15, -0.1) is 0 Å². The third kappa shape index (κ3) is 3.25. The Hall–Kier alpha value is -1.44. The summed E-state index contributed by atoms with van der Waals surface area (Å²) in [5.74, 6) is -0.174. The number of amides is 1. The molecule has 1 saturated heterocycles. The molecule has 0 aromatic heterocycles. The second-order valence-corrected chi connectivity index (χ2v) is 7.22. The van der Waals surface area contributed by atoms with Crippen molar-refractivity contribution in [1.82, 2.24) is 9.21 Å². The molecule has 116 valence electrons. The Labute approximate surface area is 125 Å². The van der Waals surface area contributed by atoms with Crippen LogP contribution < -0.4 is 5.73 Å². The third-order valence-electron chi connectivity index (χ3n) is 3.73. The summed E-state index contributed by atoms with van der Waals surface area (Å²) in [6.45, 7) is 2.95. The molecule has 1 heterocycles. The SMILES string of the molecule is Cc1cc(CN)ccc1S(=O)(=O)N1CCCN(C)C(=O)C1. The standard InChI is InChI=1S/C14H21N3O3S/c1-11-8-12(9-15)4-5-13(11)21(19,20)17-7-3-6-16(2)14(18)10-17/h4-5,8H,3,6-7,9-10,15H2,1-2H3. The van der Waals surface area contributed by atoms with E-state index < -0.39 is 10.0 Å². The highest BCUT2D eigenvalue weighted by Crippen LogP contribution is 2.22. The lowest BCUT2D eigenvalue weighted by molar-refractivity contribution is -0.129. The number of carbonyl (C=O) groups excluding carboxylic acids is 1. The van der Waals surface area contributed by atoms with E-state index in [9.17, 15) is 13.2 Å². The second-order valence-electron chi connectivity index (χ2n) is 5.31. The van der Waals surface area contributed by atoms with Crippen molar-refractivity contribution in [3.05, 3.63) is 29.3 Å². The van der Waals surface area contributed by atoms with Gasteiger partial charge in [0, 0.05) is 26.7 Å². The van der Waals surface area contributed by atoms with Crippen LogP contribution in [-0.2, 0) is 21.4 Å². The largest absolute Gasteiger partial charge is 0.345 e. The van der Waals surface area contributed by atoms with E-state index in [2.05, 4.69) is 0 Å². The molecule has 1 fully saturated rings. The number of nitrogens with two attached hydrogens (primary N) is 1. The molecular weight excluding hydrogens is 290 g/mol. The van der Waals surface area contributed by atoms with E-state index in [0.717, 1.165) is 5.56 Å². The first-order valence-electron chi connectivity index (χ1n) is 6.90. The van der Waals surface area contributed by atoms with E-state index in [1.54, 1.807) is 37.1 Å². The van der Waals surface area contributed by atoms with E-state index in [1.165, 1.54) is 4.31 Å². The van der Waals surface area contributed by atoms with Gasteiger partial charge in [0.15, 0.2) is 0 Å². The number of hydrogen-bond acceptors (Lipinski definition) is 4. The molecule has 7 heteroatoms. The van der Waals surface area contributed by atoms with Crippen molar-refractivity contribution in [3.8, 4) is 0 Å². The zero-order valence-corrected chi connectivity index (χ0v) is 13.2. The number of benzene rings is 1. The minimum atomic E-state index is -3.65. The van der Waals surface area contributed by atoms with Gasteiger partial charge in [-0.1, -0.05) is 12.1 Å². The van der Waals surface area contributed by atoms with Gasteiger partial charge in [0.25, 0.3) is 0 Å². The maximum Gasteiger partial charge on any atom is 0.243 e. The van der Waals surface area contributed by atoms with Gasteiger partial charge in [-0.25, -0.2) is 8.42 Å². The molecule has 0 radical (unpaired) electrons. The van der Waals surface area contributed by atoms with Gasteiger partial charge in [0.1, 0.15) is 0 Å². The van der Waals surface area contributed by atoms with Crippen molar-refractivity contribution in [2.45, 2.75) is 24.8 Å². The second kappa shape index (κ2) is 6.13. The first-order valence-corrected chi connectivity index (χ1v) is 8.34. The molecule has 0 aliphatic carbocycles. The maximum absolute atomic E-state index is 12.7. The molecular formula is C14H21N3O3S. The van der Waals surface area contributed by atoms with Crippen LogP contribution in [0.5, 0.6) is 0 Å². The van der Waals surface area contributed by atoms with Gasteiger partial charge >= 0.3 is 0 Å². The normalized spacial score (nSPS) is 17.9. The Bertz CT molecular complexity index is 643. The molecule has 6 nitrogen and oxygen atoms in total. The van der Waals surface area contributed by atoms with Gasteiger partial charge in [-0.3, -0.25) is 4.79 Å². The average Bonchev–Trinajstić information content (AvgIpc) is 2.61. The van der Waals surface area contributed by atoms with E-state index in [1.807, 2.05) is 0 Å². The fourth-order valence-corrected chi connectivity index (χ4v) is 4.07. The molecule has 1 aliphatic heterocycles. The molecule has 1 aromatic carbocycles. The summed E-state index contributed by atoms with van der Waals surface area (Å²) in [5, 5.41) is 0. The summed E-state index contributed by atoms with van der Waals surface area (Å²) in [7, 11) is -1.96. The zero-order valence-electron chi connectivity index (χ0n) is 12.4. The summed E-state index contributed by atoms with van der Waals surface area (Å²) in [5.41, 5.74) is 7.11. The molecule has 0 spiro atoms. The molecule has 0 atom stereocenters. The zero-order chi connectivity index (χ0) is 15.6. The fourth-order valence-electron chi connectivity index (χ4n) is 2.43. The highest BCUT2D eigenvalue weighted by Gasteiger charge is 2.30. The van der Waals surface area contributed by atoms with E-state index in [0.29, 0.717) is 31.6 Å². The number of hydrogen-bond donors (Lipinski definition) is 1. The molecule has 1 amide bonds. The van der Waals surface area contributed by atoms with Crippen LogP contribution in [0.2, 0.25) is 0 Å². The summed E-state index contributed by atoms with van der Waals surface area (Å²) < 4.78 is 26.7. The monoisotopic (exact) mass is 311 g/mol. The first kappa shape index (κ1) is 15.9. The fraction of sp³-hybridized carbons (Fsp3) is 0.500. The van der Waals surface area contributed by atoms with Crippen LogP contribution in [0, 0.1) is 6.92 Å². The molecule has 0 saturated carbocycles. The molecule has 2 N–H and O–H groups in total. The smallest absolute Gasteiger partial charge is 0.243 e. The number of nitrogens with zero attached hydrogens (tertiary/aromatic N) is 2. The molecule has 1 aliphatic rings. The van der Waals surface area contributed by atoms with Gasteiger partial charge in [-0.2, -0.15) is 4.31 Å². The Morgan fingerprint density at radius 2 is 2.00 bits per heavy atom. The van der Waals surface area contributed by atoms with Crippen molar-refractivity contribution in [1.29, 1.82) is 0 Å². The van der Waals surface area contributed by atoms with Gasteiger partial charge in [0.05, 0.1) is 11.4 Å². The van der Waals surface area contributed by atoms with Crippen molar-refractivity contribution in [2.75, 3.05) is 26.7 Å². The molecule has 2 rings (SSSR count). The van der Waals surface area contributed by atoms with E-state index in [-0.39, 0.29) is 17.3 Å². The first-order chi connectivity index (χ1) is 9.86. The number of rotatable bonds is 3. The quantitative estimate of drug-likeness (QED) is 0.870. The summed E-state index contributed by atoms with van der Waals surface area (Å²) >= 11 is 0. The van der Waals surface area contributed by atoms with Gasteiger partial charge in [0.2, 0.25) is 15.9 Å². The lowest BCUT2D eigenvalue weighted by atomic mass is 10.1. The Balaban J connectivity index is 2.35. The number of aryl methyl sites for hydroxylation is 1. The molecule has 1 aromatic rings. The van der Waals surface area contributed by atoms with Crippen LogP contribution in [0.15, 0.2) is 23.1 Å². The van der Waals surface area contributed by atoms with Crippen LogP contribution in [0.4, 0.5) is 0 Å². The van der Waals surface area contributed by atoms with Crippen LogP contribution >= 0.6 is 0 Å². The van der Waals surface area contributed by atoms with Gasteiger partial charge < -0.3 is 10.6 Å². The minimum absolute atomic E-state index is 0.100. The highest BCUT2D eigenvalue weighted by atomic mass is 32.2. The Morgan fingerprint density at radius 1 is 1.29 bits per heavy atom. The van der Waals surface area contributed by atoms with Crippen LogP contribution in [0.1, 0.15) is 17.5 Å². The van der Waals surface area contributed by atoms with Crippen LogP contribution in [0.3, 0.4) is 0 Å². The topological polar surface area (TPSA) is 83.7 Å². The number of likely N-dealkylation sites (N-methyl/N-ethyl adjacent to an activating group) is 1. The summed E-state index contributed by atoms with van der Waals surface area (Å²) in [6.07, 6.45) is 0.640. The number of carbonyl (C=O) groups is 1. The lowest BCUT2D eigenvalue weighted by Gasteiger charge is -2.20.